The van der Waals surface area contributed by atoms with Crippen LogP contribution in [0.2, 0.25) is 0 Å². The van der Waals surface area contributed by atoms with Gasteiger partial charge >= 0.3 is 0 Å². The van der Waals surface area contributed by atoms with Gasteiger partial charge in [-0.25, -0.2) is 0 Å². The van der Waals surface area contributed by atoms with E-state index in [1.165, 1.54) is 202 Å². The molecule has 0 aliphatic carbocycles. The molecule has 0 amide bonds. The molecule has 3 nitrogen and oxygen atoms in total. The van der Waals surface area contributed by atoms with E-state index in [1.54, 1.807) is 23.7 Å². The van der Waals surface area contributed by atoms with Crippen LogP contribution in [0.4, 0.5) is 0 Å². The smallest absolute Gasteiger partial charge is 0.0884 e. The van der Waals surface area contributed by atoms with Crippen molar-refractivity contribution in [3.63, 3.8) is 0 Å². The van der Waals surface area contributed by atoms with E-state index in [1.807, 2.05) is 12.2 Å². The molecule has 0 saturated carbocycles. The van der Waals surface area contributed by atoms with Crippen molar-refractivity contribution in [1.82, 2.24) is 0 Å². The summed E-state index contributed by atoms with van der Waals surface area (Å²) in [6.07, 6.45) is 47.8. The first-order chi connectivity index (χ1) is 29.9. The third kappa shape index (κ3) is 31.2. The van der Waals surface area contributed by atoms with Crippen LogP contribution in [0.1, 0.15) is 252 Å². The lowest BCUT2D eigenvalue weighted by Crippen LogP contribution is -2.01. The van der Waals surface area contributed by atoms with Crippen molar-refractivity contribution in [2.24, 2.45) is 0 Å². The molecule has 61 heavy (non-hydrogen) atoms. The summed E-state index contributed by atoms with van der Waals surface area (Å²) < 4.78 is 17.1. The Labute approximate surface area is 379 Å². The van der Waals surface area contributed by atoms with Crippen LogP contribution in [-0.2, 0) is 14.2 Å². The third-order valence-corrected chi connectivity index (χ3v) is 12.7. The van der Waals surface area contributed by atoms with Gasteiger partial charge < -0.3 is 14.2 Å². The molecule has 0 aromatic heterocycles. The number of hydrogen-bond donors (Lipinski definition) is 0. The Morgan fingerprint density at radius 3 is 0.951 bits per heavy atom. The zero-order chi connectivity index (χ0) is 43.9. The Morgan fingerprint density at radius 2 is 0.639 bits per heavy atom. The molecule has 0 N–H and O–H groups in total. The fraction of sp³-hybridized carbons (Fsp3) is 0.724. The van der Waals surface area contributed by atoms with Gasteiger partial charge in [0.15, 0.2) is 0 Å². The van der Waals surface area contributed by atoms with E-state index in [-0.39, 0.29) is 0 Å². The largest absolute Gasteiger partial charge is 0.473 e. The van der Waals surface area contributed by atoms with E-state index in [2.05, 4.69) is 77.9 Å². The Kier molecular flexibility index (Phi) is 35.2. The van der Waals surface area contributed by atoms with Gasteiger partial charge in [-0.2, -0.15) is 0 Å². The van der Waals surface area contributed by atoms with E-state index in [0.717, 1.165) is 37.9 Å². The second-order valence-corrected chi connectivity index (χ2v) is 18.9. The number of aryl methyl sites for hydroxylation is 4. The summed E-state index contributed by atoms with van der Waals surface area (Å²) >= 11 is 0. The van der Waals surface area contributed by atoms with Gasteiger partial charge in [-0.15, -0.1) is 0 Å². The van der Waals surface area contributed by atoms with Crippen molar-refractivity contribution in [2.75, 3.05) is 26.4 Å². The van der Waals surface area contributed by atoms with Crippen molar-refractivity contribution in [3.8, 4) is 0 Å². The summed E-state index contributed by atoms with van der Waals surface area (Å²) in [6.45, 7) is 16.5. The molecule has 0 saturated heterocycles. The fourth-order valence-corrected chi connectivity index (χ4v) is 9.28. The molecule has 2 rings (SSSR count). The van der Waals surface area contributed by atoms with Crippen molar-refractivity contribution in [2.45, 2.75) is 246 Å². The van der Waals surface area contributed by atoms with Crippen LogP contribution in [0.5, 0.6) is 0 Å². The van der Waals surface area contributed by atoms with Gasteiger partial charge in [0.2, 0.25) is 0 Å². The monoisotopic (exact) mass is 843 g/mol. The Bertz CT molecular complexity index is 1200. The summed E-state index contributed by atoms with van der Waals surface area (Å²) in [5.74, 6) is 1.46. The van der Waals surface area contributed by atoms with E-state index < -0.39 is 0 Å². The molecule has 0 heterocycles. The molecule has 0 radical (unpaired) electrons. The number of rotatable bonds is 42. The highest BCUT2D eigenvalue weighted by Gasteiger charge is 2.14. The minimum Gasteiger partial charge on any atom is -0.473 e. The molecule has 2 unspecified atom stereocenters. The van der Waals surface area contributed by atoms with E-state index in [4.69, 9.17) is 14.2 Å². The maximum absolute atomic E-state index is 5.80. The minimum absolute atomic E-state index is 0.606. The van der Waals surface area contributed by atoms with Gasteiger partial charge in [0.25, 0.3) is 0 Å². The zero-order valence-electron chi connectivity index (χ0n) is 41.2. The second kappa shape index (κ2) is 39.2. The topological polar surface area (TPSA) is 27.7 Å². The molecule has 2 aromatic rings. The van der Waals surface area contributed by atoms with Gasteiger partial charge in [-0.05, 0) is 101 Å². The van der Waals surface area contributed by atoms with Crippen LogP contribution in [-0.4, -0.2) is 26.4 Å². The molecule has 0 spiro atoms. The van der Waals surface area contributed by atoms with E-state index in [0.29, 0.717) is 13.2 Å². The second-order valence-electron chi connectivity index (χ2n) is 18.9. The molecular formula is C58H98O3. The molecule has 0 bridgehead atoms. The number of ether oxygens (including phenoxy) is 3. The van der Waals surface area contributed by atoms with Crippen LogP contribution < -0.4 is 0 Å². The number of unbranched alkanes of at least 4 members (excludes halogenated alkanes) is 22. The first-order valence-electron chi connectivity index (χ1n) is 26.2. The van der Waals surface area contributed by atoms with Gasteiger partial charge in [-0.3, -0.25) is 0 Å². The lowest BCUT2D eigenvalue weighted by Gasteiger charge is -2.19. The van der Waals surface area contributed by atoms with Gasteiger partial charge in [0, 0.05) is 13.2 Å². The summed E-state index contributed by atoms with van der Waals surface area (Å²) in [5.41, 5.74) is 8.85. The van der Waals surface area contributed by atoms with Crippen LogP contribution in [0.25, 0.3) is 0 Å². The Morgan fingerprint density at radius 1 is 0.361 bits per heavy atom. The molecule has 2 atom stereocenters. The molecule has 348 valence electrons. The third-order valence-electron chi connectivity index (χ3n) is 12.7. The van der Waals surface area contributed by atoms with E-state index >= 15 is 0 Å². The Balaban J connectivity index is 1.41. The van der Waals surface area contributed by atoms with Gasteiger partial charge in [-0.1, -0.05) is 227 Å². The lowest BCUT2D eigenvalue weighted by molar-refractivity contribution is 0.154. The quantitative estimate of drug-likeness (QED) is 0.0492. The molecule has 0 aliphatic heterocycles. The lowest BCUT2D eigenvalue weighted by atomic mass is 9.86. The standard InChI is InChI=1S/C58H98O3/c1-7-9-11-13-15-21-27-35-55(57-47-51(3)45-52(4)48-57)37-29-23-17-19-25-31-39-59-41-33-43-61-44-34-42-60-40-32-26-20-18-24-30-38-56(36-28-22-16-14-12-10-8-2)58-49-53(5)46-54(6)50-58/h33-34,43-50,55-56H,7-32,35-42H2,1-6H3. The first-order valence-corrected chi connectivity index (χ1v) is 26.2. The van der Waals surface area contributed by atoms with Gasteiger partial charge in [0.05, 0.1) is 25.7 Å². The SMILES string of the molecule is CCCCCCCCCC(CCCCCCCCOCC=COC=CCOCCCCCCCCC(CCCCCCCCC)c1cc(C)cc(C)c1)c1cc(C)cc(C)c1. The zero-order valence-corrected chi connectivity index (χ0v) is 41.2. The average Bonchev–Trinajstić information content (AvgIpc) is 3.23. The summed E-state index contributed by atoms with van der Waals surface area (Å²) in [5, 5.41) is 0. The highest BCUT2D eigenvalue weighted by atomic mass is 16.5. The number of hydrogen-bond acceptors (Lipinski definition) is 3. The van der Waals surface area contributed by atoms with Crippen molar-refractivity contribution in [3.05, 3.63) is 94.5 Å². The van der Waals surface area contributed by atoms with E-state index in [9.17, 15) is 0 Å². The summed E-state index contributed by atoms with van der Waals surface area (Å²) in [7, 11) is 0. The van der Waals surface area contributed by atoms with Crippen molar-refractivity contribution < 1.29 is 14.2 Å². The predicted octanol–water partition coefficient (Wildman–Crippen LogP) is 18.6. The molecule has 0 fully saturated rings. The maximum atomic E-state index is 5.80. The minimum atomic E-state index is 0.606. The van der Waals surface area contributed by atoms with Crippen LogP contribution >= 0.6 is 0 Å². The Hall–Kier alpha value is -2.36. The van der Waals surface area contributed by atoms with Gasteiger partial charge in [0.1, 0.15) is 0 Å². The molecule has 0 aliphatic rings. The first kappa shape index (κ1) is 54.8. The van der Waals surface area contributed by atoms with Crippen molar-refractivity contribution in [1.29, 1.82) is 0 Å². The maximum Gasteiger partial charge on any atom is 0.0884 e. The fourth-order valence-electron chi connectivity index (χ4n) is 9.28. The average molecular weight is 843 g/mol. The molecule has 3 heteroatoms. The normalized spacial score (nSPS) is 12.9. The molecule has 2 aromatic carbocycles. The van der Waals surface area contributed by atoms with Crippen LogP contribution in [0.15, 0.2) is 61.1 Å². The van der Waals surface area contributed by atoms with Crippen molar-refractivity contribution >= 4 is 0 Å². The van der Waals surface area contributed by atoms with Crippen LogP contribution in [0.3, 0.4) is 0 Å². The summed E-state index contributed by atoms with van der Waals surface area (Å²) in [4.78, 5) is 0. The highest BCUT2D eigenvalue weighted by Crippen LogP contribution is 2.32. The highest BCUT2D eigenvalue weighted by molar-refractivity contribution is 5.32. The molecular weight excluding hydrogens is 745 g/mol. The van der Waals surface area contributed by atoms with Crippen LogP contribution in [0, 0.1) is 27.7 Å². The number of benzene rings is 2. The summed E-state index contributed by atoms with van der Waals surface area (Å²) in [6, 6.07) is 14.5. The predicted molar refractivity (Wildman–Crippen MR) is 268 cm³/mol.